The molecule has 7 heteroatoms. The van der Waals surface area contributed by atoms with E-state index in [0.717, 1.165) is 24.0 Å². The van der Waals surface area contributed by atoms with Gasteiger partial charge < -0.3 is 5.32 Å². The molecule has 0 bridgehead atoms. The van der Waals surface area contributed by atoms with Crippen LogP contribution in [0.5, 0.6) is 0 Å². The van der Waals surface area contributed by atoms with Crippen molar-refractivity contribution in [2.24, 2.45) is 0 Å². The summed E-state index contributed by atoms with van der Waals surface area (Å²) in [4.78, 5) is 0.191. The van der Waals surface area contributed by atoms with E-state index in [2.05, 4.69) is 5.32 Å². The molecule has 1 fully saturated rings. The van der Waals surface area contributed by atoms with E-state index >= 15 is 0 Å². The highest BCUT2D eigenvalue weighted by molar-refractivity contribution is 7.96. The van der Waals surface area contributed by atoms with Crippen LogP contribution in [-0.2, 0) is 32.5 Å². The predicted octanol–water partition coefficient (Wildman–Crippen LogP) is 2.02. The molecule has 1 aliphatic rings. The van der Waals surface area contributed by atoms with Crippen molar-refractivity contribution in [1.82, 2.24) is 5.32 Å². The monoisotopic (exact) mass is 407 g/mol. The van der Waals surface area contributed by atoms with Gasteiger partial charge in [-0.2, -0.15) is 0 Å². The number of hydrogen-bond donors (Lipinski definition) is 1. The lowest BCUT2D eigenvalue weighted by Crippen LogP contribution is -2.44. The second-order valence-electron chi connectivity index (χ2n) is 6.95. The fourth-order valence-electron chi connectivity index (χ4n) is 3.45. The summed E-state index contributed by atoms with van der Waals surface area (Å²) in [7, 11) is -7.11. The summed E-state index contributed by atoms with van der Waals surface area (Å²) in [5.74, 6) is -0.466. The van der Waals surface area contributed by atoms with E-state index < -0.39 is 31.0 Å². The number of benzene rings is 2. The molecule has 0 radical (unpaired) electrons. The summed E-state index contributed by atoms with van der Waals surface area (Å²) < 4.78 is 50.4. The van der Waals surface area contributed by atoms with E-state index in [4.69, 9.17) is 0 Å². The van der Waals surface area contributed by atoms with E-state index in [1.165, 1.54) is 0 Å². The molecule has 3 rings (SSSR count). The van der Waals surface area contributed by atoms with Gasteiger partial charge in [-0.05, 0) is 42.6 Å². The normalized spacial score (nSPS) is 22.0. The predicted molar refractivity (Wildman–Crippen MR) is 107 cm³/mol. The molecule has 5 nitrogen and oxygen atoms in total. The Labute approximate surface area is 161 Å². The third kappa shape index (κ3) is 4.78. The standard InChI is InChI=1S/C20H25NO4S2/c1-2-16-8-10-18(11-9-16)27(24,25)20-15-26(22,23)14-19(20)21-13-12-17-6-4-3-5-7-17/h3-11,19-21H,2,12-15H2,1H3. The maximum absolute atomic E-state index is 13.1. The van der Waals surface area contributed by atoms with E-state index in [1.54, 1.807) is 24.3 Å². The summed E-state index contributed by atoms with van der Waals surface area (Å²) >= 11 is 0. The zero-order valence-electron chi connectivity index (χ0n) is 15.3. The van der Waals surface area contributed by atoms with Crippen molar-refractivity contribution in [3.8, 4) is 0 Å². The molecule has 2 unspecified atom stereocenters. The maximum atomic E-state index is 13.1. The summed E-state index contributed by atoms with van der Waals surface area (Å²) in [5.41, 5.74) is 2.17. The van der Waals surface area contributed by atoms with Crippen LogP contribution in [0, 0.1) is 0 Å². The zero-order valence-corrected chi connectivity index (χ0v) is 17.0. The first-order valence-corrected chi connectivity index (χ1v) is 12.5. The molecule has 0 spiro atoms. The Morgan fingerprint density at radius 2 is 1.63 bits per heavy atom. The SMILES string of the molecule is CCc1ccc(S(=O)(=O)C2CS(=O)(=O)CC2NCCc2ccccc2)cc1. The topological polar surface area (TPSA) is 80.3 Å². The van der Waals surface area contributed by atoms with Gasteiger partial charge in [0.2, 0.25) is 0 Å². The molecule has 1 heterocycles. The van der Waals surface area contributed by atoms with E-state index in [0.29, 0.717) is 6.54 Å². The van der Waals surface area contributed by atoms with Gasteiger partial charge in [0, 0.05) is 6.04 Å². The highest BCUT2D eigenvalue weighted by Gasteiger charge is 2.45. The molecule has 27 heavy (non-hydrogen) atoms. The molecule has 0 saturated carbocycles. The minimum Gasteiger partial charge on any atom is -0.311 e. The zero-order chi connectivity index (χ0) is 19.5. The summed E-state index contributed by atoms with van der Waals surface area (Å²) in [6.45, 7) is 2.53. The molecular formula is C20H25NO4S2. The Balaban J connectivity index is 1.76. The van der Waals surface area contributed by atoms with Gasteiger partial charge in [-0.25, -0.2) is 16.8 Å². The van der Waals surface area contributed by atoms with E-state index in [-0.39, 0.29) is 16.4 Å². The van der Waals surface area contributed by atoms with E-state index in [1.807, 2.05) is 37.3 Å². The molecule has 2 aromatic rings. The average Bonchev–Trinajstić information content (AvgIpc) is 2.98. The van der Waals surface area contributed by atoms with Crippen LogP contribution in [0.25, 0.3) is 0 Å². The third-order valence-corrected chi connectivity index (χ3v) is 9.19. The van der Waals surface area contributed by atoms with Gasteiger partial charge in [0.15, 0.2) is 19.7 Å². The highest BCUT2D eigenvalue weighted by Crippen LogP contribution is 2.26. The van der Waals surface area contributed by atoms with Crippen molar-refractivity contribution in [3.05, 3.63) is 65.7 Å². The average molecular weight is 408 g/mol. The van der Waals surface area contributed by atoms with Crippen LogP contribution in [0.4, 0.5) is 0 Å². The van der Waals surface area contributed by atoms with Gasteiger partial charge in [0.1, 0.15) is 0 Å². The van der Waals surface area contributed by atoms with Crippen molar-refractivity contribution in [3.63, 3.8) is 0 Å². The van der Waals surface area contributed by atoms with Gasteiger partial charge in [-0.3, -0.25) is 0 Å². The van der Waals surface area contributed by atoms with Crippen LogP contribution in [0.15, 0.2) is 59.5 Å². The van der Waals surface area contributed by atoms with Gasteiger partial charge in [0.05, 0.1) is 21.7 Å². The van der Waals surface area contributed by atoms with Gasteiger partial charge >= 0.3 is 0 Å². The Hall–Kier alpha value is -1.70. The lowest BCUT2D eigenvalue weighted by Gasteiger charge is -2.20. The number of hydrogen-bond acceptors (Lipinski definition) is 5. The summed E-state index contributed by atoms with van der Waals surface area (Å²) in [6.07, 6.45) is 1.54. The lowest BCUT2D eigenvalue weighted by atomic mass is 10.1. The molecule has 2 aromatic carbocycles. The van der Waals surface area contributed by atoms with E-state index in [9.17, 15) is 16.8 Å². The minimum absolute atomic E-state index is 0.140. The Kier molecular flexibility index (Phi) is 6.03. The third-order valence-electron chi connectivity index (χ3n) is 5.02. The van der Waals surface area contributed by atoms with Gasteiger partial charge in [0.25, 0.3) is 0 Å². The number of nitrogens with one attached hydrogen (secondary N) is 1. The molecule has 0 aromatic heterocycles. The largest absolute Gasteiger partial charge is 0.311 e. The molecule has 0 aliphatic carbocycles. The molecule has 1 aliphatic heterocycles. The van der Waals surface area contributed by atoms with Crippen molar-refractivity contribution >= 4 is 19.7 Å². The maximum Gasteiger partial charge on any atom is 0.183 e. The first-order chi connectivity index (χ1) is 12.8. The molecule has 146 valence electrons. The molecular weight excluding hydrogens is 382 g/mol. The van der Waals surface area contributed by atoms with Crippen LogP contribution in [0.1, 0.15) is 18.1 Å². The summed E-state index contributed by atoms with van der Waals surface area (Å²) in [5, 5.41) is 2.22. The van der Waals surface area contributed by atoms with Crippen LogP contribution in [0.2, 0.25) is 0 Å². The number of aryl methyl sites for hydroxylation is 1. The molecule has 0 amide bonds. The Morgan fingerprint density at radius 3 is 2.26 bits per heavy atom. The molecule has 2 atom stereocenters. The number of sulfone groups is 2. The van der Waals surface area contributed by atoms with Crippen LogP contribution in [0.3, 0.4) is 0 Å². The van der Waals surface area contributed by atoms with Crippen molar-refractivity contribution in [2.75, 3.05) is 18.1 Å². The van der Waals surface area contributed by atoms with Gasteiger partial charge in [-0.1, -0.05) is 49.4 Å². The molecule has 1 N–H and O–H groups in total. The van der Waals surface area contributed by atoms with Crippen LogP contribution in [-0.4, -0.2) is 46.2 Å². The second kappa shape index (κ2) is 8.12. The first kappa shape index (κ1) is 20.0. The quantitative estimate of drug-likeness (QED) is 0.760. The van der Waals surface area contributed by atoms with Crippen LogP contribution < -0.4 is 5.32 Å². The lowest BCUT2D eigenvalue weighted by molar-refractivity contribution is 0.528. The van der Waals surface area contributed by atoms with Crippen LogP contribution >= 0.6 is 0 Å². The highest BCUT2D eigenvalue weighted by atomic mass is 32.2. The Morgan fingerprint density at radius 1 is 0.963 bits per heavy atom. The first-order valence-electron chi connectivity index (χ1n) is 9.12. The minimum atomic E-state index is -3.72. The van der Waals surface area contributed by atoms with Crippen molar-refractivity contribution < 1.29 is 16.8 Å². The van der Waals surface area contributed by atoms with Gasteiger partial charge in [-0.15, -0.1) is 0 Å². The fourth-order valence-corrected chi connectivity index (χ4v) is 8.16. The fraction of sp³-hybridized carbons (Fsp3) is 0.400. The smallest absolute Gasteiger partial charge is 0.183 e. The molecule has 1 saturated heterocycles. The summed E-state index contributed by atoms with van der Waals surface area (Å²) in [6, 6.07) is 16.0. The second-order valence-corrected chi connectivity index (χ2v) is 11.3. The number of rotatable bonds is 7. The van der Waals surface area contributed by atoms with Crippen molar-refractivity contribution in [2.45, 2.75) is 36.0 Å². The Bertz CT molecular complexity index is 968. The van der Waals surface area contributed by atoms with Crippen molar-refractivity contribution in [1.29, 1.82) is 0 Å².